The van der Waals surface area contributed by atoms with Crippen LogP contribution in [0.15, 0.2) is 12.1 Å². The third-order valence-corrected chi connectivity index (χ3v) is 6.58. The average molecular weight is 301 g/mol. The van der Waals surface area contributed by atoms with Crippen LogP contribution >= 0.6 is 0 Å². The molecule has 1 aromatic rings. The van der Waals surface area contributed by atoms with Gasteiger partial charge in [0.05, 0.1) is 13.2 Å². The van der Waals surface area contributed by atoms with Gasteiger partial charge in [0.25, 0.3) is 0 Å². The molecule has 5 atom stereocenters. The largest absolute Gasteiger partial charge is 0.493 e. The van der Waals surface area contributed by atoms with Gasteiger partial charge >= 0.3 is 0 Å². The molecule has 1 N–H and O–H groups in total. The summed E-state index contributed by atoms with van der Waals surface area (Å²) in [6.45, 7) is 1.08. The molecule has 1 unspecified atom stereocenters. The van der Waals surface area contributed by atoms with Crippen molar-refractivity contribution in [3.8, 4) is 11.5 Å². The zero-order valence-electron chi connectivity index (χ0n) is 13.2. The highest BCUT2D eigenvalue weighted by atomic mass is 16.6. The molecule has 2 heterocycles. The molecule has 1 spiro atoms. The second-order valence-electron chi connectivity index (χ2n) is 7.18. The van der Waals surface area contributed by atoms with Crippen LogP contribution in [0.1, 0.15) is 30.4 Å². The standard InChI is InChI=1S/C18H23NO3/c1-20-13-5-3-10-9-12-11-4-6-14(21-2)17-18(11,7-8-19-12)15(10)16(13)22-17/h3,5,11-12,14,17,19H,4,6-9H2,1-2H3/t11-,12+,14?,17-,18-/m0/s1. The zero-order valence-corrected chi connectivity index (χ0v) is 13.2. The van der Waals surface area contributed by atoms with E-state index in [2.05, 4.69) is 17.4 Å². The number of ether oxygens (including phenoxy) is 3. The number of methoxy groups -OCH3 is 2. The second kappa shape index (κ2) is 4.39. The van der Waals surface area contributed by atoms with Crippen molar-refractivity contribution in [1.82, 2.24) is 5.32 Å². The van der Waals surface area contributed by atoms with Gasteiger partial charge in [-0.05, 0) is 49.8 Å². The molecular formula is C18H23NO3. The Hall–Kier alpha value is -1.26. The van der Waals surface area contributed by atoms with Crippen molar-refractivity contribution in [2.45, 2.75) is 49.3 Å². The van der Waals surface area contributed by atoms with Gasteiger partial charge < -0.3 is 19.5 Å². The number of nitrogens with one attached hydrogen (secondary N) is 1. The van der Waals surface area contributed by atoms with Crippen LogP contribution < -0.4 is 14.8 Å². The smallest absolute Gasteiger partial charge is 0.165 e. The van der Waals surface area contributed by atoms with Crippen molar-refractivity contribution in [2.75, 3.05) is 20.8 Å². The Morgan fingerprint density at radius 3 is 3.00 bits per heavy atom. The fraction of sp³-hybridized carbons (Fsp3) is 0.667. The van der Waals surface area contributed by atoms with Crippen LogP contribution in [0.2, 0.25) is 0 Å². The van der Waals surface area contributed by atoms with Crippen LogP contribution in [0.4, 0.5) is 0 Å². The van der Waals surface area contributed by atoms with Gasteiger partial charge in [0.1, 0.15) is 6.10 Å². The van der Waals surface area contributed by atoms with E-state index in [1.54, 1.807) is 7.11 Å². The van der Waals surface area contributed by atoms with Crippen molar-refractivity contribution < 1.29 is 14.2 Å². The molecule has 4 aliphatic rings. The monoisotopic (exact) mass is 301 g/mol. The molecule has 1 saturated heterocycles. The molecule has 2 bridgehead atoms. The van der Waals surface area contributed by atoms with Gasteiger partial charge in [-0.2, -0.15) is 0 Å². The molecule has 118 valence electrons. The summed E-state index contributed by atoms with van der Waals surface area (Å²) < 4.78 is 17.9. The van der Waals surface area contributed by atoms with E-state index in [0.29, 0.717) is 12.0 Å². The lowest BCUT2D eigenvalue weighted by Gasteiger charge is -2.56. The minimum atomic E-state index is 0.131. The van der Waals surface area contributed by atoms with Crippen molar-refractivity contribution in [3.63, 3.8) is 0 Å². The topological polar surface area (TPSA) is 39.7 Å². The SMILES string of the molecule is COc1ccc2c3c1O[C@H]1C(OC)CC[C@H]4[C@@H](C2)NCC[C@]314. The molecule has 0 radical (unpaired) electrons. The maximum atomic E-state index is 6.53. The molecule has 4 heteroatoms. The minimum absolute atomic E-state index is 0.131. The van der Waals surface area contributed by atoms with Gasteiger partial charge in [0, 0.05) is 24.1 Å². The van der Waals surface area contributed by atoms with Crippen molar-refractivity contribution >= 4 is 0 Å². The van der Waals surface area contributed by atoms with Gasteiger partial charge in [0.2, 0.25) is 0 Å². The van der Waals surface area contributed by atoms with Crippen molar-refractivity contribution in [2.24, 2.45) is 5.92 Å². The Kier molecular flexibility index (Phi) is 2.63. The maximum absolute atomic E-state index is 6.53. The van der Waals surface area contributed by atoms with E-state index in [0.717, 1.165) is 37.3 Å². The normalized spacial score (nSPS) is 40.8. The first-order valence-electron chi connectivity index (χ1n) is 8.42. The first kappa shape index (κ1) is 13.2. The average Bonchev–Trinajstić information content (AvgIpc) is 2.88. The number of rotatable bonds is 2. The summed E-state index contributed by atoms with van der Waals surface area (Å²) in [4.78, 5) is 0. The Balaban J connectivity index is 1.78. The summed E-state index contributed by atoms with van der Waals surface area (Å²) in [5, 5.41) is 3.76. The van der Waals surface area contributed by atoms with E-state index >= 15 is 0 Å². The molecule has 0 aromatic heterocycles. The number of hydrogen-bond donors (Lipinski definition) is 1. The molecule has 5 rings (SSSR count). The Morgan fingerprint density at radius 1 is 1.27 bits per heavy atom. The molecule has 2 aliphatic heterocycles. The highest BCUT2D eigenvalue weighted by Crippen LogP contribution is 2.62. The Bertz CT molecular complexity index is 631. The van der Waals surface area contributed by atoms with E-state index in [9.17, 15) is 0 Å². The summed E-state index contributed by atoms with van der Waals surface area (Å²) >= 11 is 0. The van der Waals surface area contributed by atoms with E-state index in [-0.39, 0.29) is 17.6 Å². The molecule has 2 fully saturated rings. The Labute approximate surface area is 131 Å². The lowest BCUT2D eigenvalue weighted by Crippen LogP contribution is -2.66. The Morgan fingerprint density at radius 2 is 2.18 bits per heavy atom. The molecular weight excluding hydrogens is 278 g/mol. The van der Waals surface area contributed by atoms with Gasteiger partial charge in [0.15, 0.2) is 11.5 Å². The zero-order chi connectivity index (χ0) is 14.9. The fourth-order valence-electron chi connectivity index (χ4n) is 5.81. The lowest BCUT2D eigenvalue weighted by molar-refractivity contribution is -0.0920. The van der Waals surface area contributed by atoms with E-state index in [1.165, 1.54) is 17.5 Å². The highest BCUT2D eigenvalue weighted by molar-refractivity contribution is 5.61. The minimum Gasteiger partial charge on any atom is -0.493 e. The van der Waals surface area contributed by atoms with Crippen LogP contribution in [0.3, 0.4) is 0 Å². The number of hydrogen-bond acceptors (Lipinski definition) is 4. The first-order chi connectivity index (χ1) is 10.8. The summed E-state index contributed by atoms with van der Waals surface area (Å²) in [6.07, 6.45) is 4.92. The quantitative estimate of drug-likeness (QED) is 0.907. The molecule has 1 saturated carbocycles. The predicted octanol–water partition coefficient (Wildman–Crippen LogP) is 2.04. The van der Waals surface area contributed by atoms with Crippen LogP contribution in [-0.2, 0) is 16.6 Å². The summed E-state index contributed by atoms with van der Waals surface area (Å²) in [7, 11) is 3.56. The lowest BCUT2D eigenvalue weighted by atomic mass is 9.52. The third kappa shape index (κ3) is 1.36. The third-order valence-electron chi connectivity index (χ3n) is 6.58. The van der Waals surface area contributed by atoms with Crippen LogP contribution in [0.25, 0.3) is 0 Å². The highest BCUT2D eigenvalue weighted by Gasteiger charge is 2.64. The van der Waals surface area contributed by atoms with E-state index < -0.39 is 0 Å². The molecule has 2 aliphatic carbocycles. The van der Waals surface area contributed by atoms with Crippen LogP contribution in [0.5, 0.6) is 11.5 Å². The van der Waals surface area contributed by atoms with Gasteiger partial charge in [-0.1, -0.05) is 6.07 Å². The maximum Gasteiger partial charge on any atom is 0.165 e. The van der Waals surface area contributed by atoms with Gasteiger partial charge in [-0.3, -0.25) is 0 Å². The van der Waals surface area contributed by atoms with E-state index in [1.807, 2.05) is 7.11 Å². The van der Waals surface area contributed by atoms with Crippen LogP contribution in [-0.4, -0.2) is 39.0 Å². The number of piperidine rings is 1. The second-order valence-corrected chi connectivity index (χ2v) is 7.18. The molecule has 22 heavy (non-hydrogen) atoms. The fourth-order valence-corrected chi connectivity index (χ4v) is 5.81. The van der Waals surface area contributed by atoms with E-state index in [4.69, 9.17) is 14.2 Å². The first-order valence-corrected chi connectivity index (χ1v) is 8.42. The van der Waals surface area contributed by atoms with Gasteiger partial charge in [-0.15, -0.1) is 0 Å². The van der Waals surface area contributed by atoms with Crippen molar-refractivity contribution in [1.29, 1.82) is 0 Å². The summed E-state index contributed by atoms with van der Waals surface area (Å²) in [5.74, 6) is 2.55. The molecule has 0 amide bonds. The molecule has 1 aromatic carbocycles. The van der Waals surface area contributed by atoms with Gasteiger partial charge in [-0.25, -0.2) is 0 Å². The predicted molar refractivity (Wildman–Crippen MR) is 82.7 cm³/mol. The van der Waals surface area contributed by atoms with Crippen molar-refractivity contribution in [3.05, 3.63) is 23.3 Å². The number of benzene rings is 1. The summed E-state index contributed by atoms with van der Waals surface area (Å²) in [6, 6.07) is 4.90. The summed E-state index contributed by atoms with van der Waals surface area (Å²) in [5.41, 5.74) is 3.02. The van der Waals surface area contributed by atoms with Crippen LogP contribution in [0, 0.1) is 5.92 Å². The molecule has 4 nitrogen and oxygen atoms in total.